The number of anilines is 1. The third-order valence-electron chi connectivity index (χ3n) is 5.99. The molecule has 172 valence electrons. The molecule has 6 nitrogen and oxygen atoms in total. The first-order valence-electron chi connectivity index (χ1n) is 10.5. The number of carbonyl (C=O) groups excluding carboxylic acids is 2. The summed E-state index contributed by atoms with van der Waals surface area (Å²) in [5, 5.41) is 2.58. The maximum absolute atomic E-state index is 13.5. The number of hydrogen-bond acceptors (Lipinski definition) is 4. The number of halogens is 3. The topological polar surface area (TPSA) is 62.7 Å². The van der Waals surface area contributed by atoms with Crippen molar-refractivity contribution in [3.63, 3.8) is 0 Å². The summed E-state index contributed by atoms with van der Waals surface area (Å²) in [6.07, 6.45) is 3.01. The Bertz CT molecular complexity index is 1210. The Morgan fingerprint density at radius 2 is 1.94 bits per heavy atom. The molecule has 1 atom stereocenters. The molecule has 2 heterocycles. The van der Waals surface area contributed by atoms with E-state index in [0.717, 1.165) is 10.4 Å². The number of pyridine rings is 1. The zero-order valence-corrected chi connectivity index (χ0v) is 18.7. The molecule has 1 unspecified atom stereocenters. The lowest BCUT2D eigenvalue weighted by molar-refractivity contribution is -0.136. The van der Waals surface area contributed by atoms with Gasteiger partial charge in [0.25, 0.3) is 0 Å². The number of rotatable bonds is 8. The molecule has 4 rings (SSSR count). The van der Waals surface area contributed by atoms with E-state index in [1.807, 2.05) is 6.92 Å². The van der Waals surface area contributed by atoms with Crippen molar-refractivity contribution in [2.24, 2.45) is 5.41 Å². The number of likely N-dealkylation sites (tertiary alicyclic amines) is 1. The highest BCUT2D eigenvalue weighted by Gasteiger charge is 2.42. The van der Waals surface area contributed by atoms with Crippen LogP contribution in [0, 0.1) is 17.0 Å². The number of benzene rings is 2. The van der Waals surface area contributed by atoms with Crippen LogP contribution in [0.15, 0.2) is 48.7 Å². The third kappa shape index (κ3) is 4.96. The summed E-state index contributed by atoms with van der Waals surface area (Å²) in [5.41, 5.74) is 0.0129. The van der Waals surface area contributed by atoms with Gasteiger partial charge in [-0.2, -0.15) is 5.06 Å². The molecule has 0 radical (unpaired) electrons. The van der Waals surface area contributed by atoms with Crippen LogP contribution in [0.1, 0.15) is 25.3 Å². The second-order valence-electron chi connectivity index (χ2n) is 8.32. The molecule has 9 heteroatoms. The summed E-state index contributed by atoms with van der Waals surface area (Å²) >= 11 is 6.10. The van der Waals surface area contributed by atoms with E-state index >= 15 is 0 Å². The van der Waals surface area contributed by atoms with Crippen molar-refractivity contribution in [1.82, 2.24) is 9.88 Å². The molecule has 2 amide bonds. The summed E-state index contributed by atoms with van der Waals surface area (Å²) in [6.45, 7) is 2.80. The van der Waals surface area contributed by atoms with Gasteiger partial charge < -0.3 is 4.90 Å². The summed E-state index contributed by atoms with van der Waals surface area (Å²) < 4.78 is 26.8. The molecule has 1 aliphatic rings. The van der Waals surface area contributed by atoms with E-state index in [1.54, 1.807) is 23.1 Å². The zero-order chi connectivity index (χ0) is 23.6. The van der Waals surface area contributed by atoms with Crippen LogP contribution in [-0.4, -0.2) is 35.4 Å². The van der Waals surface area contributed by atoms with E-state index in [1.165, 1.54) is 30.5 Å². The highest BCUT2D eigenvalue weighted by atomic mass is 35.5. The lowest BCUT2D eigenvalue weighted by atomic mass is 9.85. The van der Waals surface area contributed by atoms with Gasteiger partial charge in [0, 0.05) is 29.7 Å². The third-order valence-corrected chi connectivity index (χ3v) is 6.34. The number of nitrogens with zero attached hydrogens (tertiary/aromatic N) is 3. The summed E-state index contributed by atoms with van der Waals surface area (Å²) in [5.74, 6) is -0.649. The lowest BCUT2D eigenvalue weighted by Gasteiger charge is -2.25. The van der Waals surface area contributed by atoms with E-state index in [0.29, 0.717) is 43.3 Å². The van der Waals surface area contributed by atoms with Gasteiger partial charge in [-0.15, -0.1) is 0 Å². The van der Waals surface area contributed by atoms with Crippen LogP contribution in [0.25, 0.3) is 10.8 Å². The van der Waals surface area contributed by atoms with Gasteiger partial charge >= 0.3 is 0 Å². The van der Waals surface area contributed by atoms with E-state index in [4.69, 9.17) is 16.4 Å². The number of hydrogen-bond donors (Lipinski definition) is 0. The highest BCUT2D eigenvalue weighted by Crippen LogP contribution is 2.36. The second kappa shape index (κ2) is 9.41. The van der Waals surface area contributed by atoms with E-state index in [9.17, 15) is 18.4 Å². The van der Waals surface area contributed by atoms with Crippen LogP contribution in [0.3, 0.4) is 0 Å². The molecule has 0 N–H and O–H groups in total. The van der Waals surface area contributed by atoms with Gasteiger partial charge in [-0.1, -0.05) is 24.6 Å². The molecule has 1 aliphatic heterocycles. The van der Waals surface area contributed by atoms with Gasteiger partial charge in [0.1, 0.15) is 11.6 Å². The molecule has 2 aromatic carbocycles. The summed E-state index contributed by atoms with van der Waals surface area (Å²) in [4.78, 5) is 36.1. The molecule has 1 aromatic heterocycles. The Morgan fingerprint density at radius 3 is 2.70 bits per heavy atom. The Balaban J connectivity index is 1.38. The number of aromatic nitrogens is 1. The lowest BCUT2D eigenvalue weighted by Crippen LogP contribution is -2.34. The van der Waals surface area contributed by atoms with Gasteiger partial charge in [0.15, 0.2) is 5.82 Å². The molecule has 3 aromatic rings. The van der Waals surface area contributed by atoms with Crippen LogP contribution in [0.4, 0.5) is 14.6 Å². The van der Waals surface area contributed by atoms with Crippen molar-refractivity contribution >= 4 is 40.5 Å². The monoisotopic (exact) mass is 473 g/mol. The normalized spacial score (nSPS) is 18.2. The van der Waals surface area contributed by atoms with Gasteiger partial charge in [-0.05, 0) is 60.2 Å². The predicted octanol–water partition coefficient (Wildman–Crippen LogP) is 4.89. The van der Waals surface area contributed by atoms with Crippen LogP contribution in [0.5, 0.6) is 0 Å². The van der Waals surface area contributed by atoms with Crippen LogP contribution in [0.2, 0.25) is 5.02 Å². The average molecular weight is 474 g/mol. The Labute approximate surface area is 194 Å². The Kier molecular flexibility index (Phi) is 6.58. The van der Waals surface area contributed by atoms with Gasteiger partial charge in [-0.25, -0.2) is 13.8 Å². The van der Waals surface area contributed by atoms with Crippen molar-refractivity contribution < 1.29 is 23.2 Å². The predicted molar refractivity (Wildman–Crippen MR) is 120 cm³/mol. The minimum absolute atomic E-state index is 0.0524. The molecule has 0 spiro atoms. The van der Waals surface area contributed by atoms with Crippen LogP contribution >= 0.6 is 11.6 Å². The molecule has 0 aliphatic carbocycles. The van der Waals surface area contributed by atoms with Crippen molar-refractivity contribution in [2.45, 2.75) is 26.3 Å². The summed E-state index contributed by atoms with van der Waals surface area (Å²) in [6, 6.07) is 9.97. The largest absolute Gasteiger partial charge is 0.338 e. The highest BCUT2D eigenvalue weighted by molar-refractivity contribution is 6.31. The average Bonchev–Trinajstić information content (AvgIpc) is 3.07. The van der Waals surface area contributed by atoms with E-state index in [2.05, 4.69) is 4.98 Å². The number of amides is 2. The van der Waals surface area contributed by atoms with Crippen molar-refractivity contribution in [2.75, 3.05) is 18.2 Å². The Hall–Kier alpha value is -3.10. The molecule has 0 bridgehead atoms. The van der Waals surface area contributed by atoms with Gasteiger partial charge in [0.2, 0.25) is 12.3 Å². The molecular formula is C24H22ClF2N3O3. The maximum atomic E-state index is 13.5. The van der Waals surface area contributed by atoms with E-state index < -0.39 is 17.0 Å². The van der Waals surface area contributed by atoms with Crippen LogP contribution < -0.4 is 5.06 Å². The smallest absolute Gasteiger partial charge is 0.239 e. The SMILES string of the molecule is CC1(CCON(C=O)c2cc3cc(F)ccc3cn2)CCN(Cc2ccc(F)cc2Cl)C1=O. The maximum Gasteiger partial charge on any atom is 0.239 e. The Morgan fingerprint density at radius 1 is 1.18 bits per heavy atom. The minimum Gasteiger partial charge on any atom is -0.338 e. The molecule has 33 heavy (non-hydrogen) atoms. The molecule has 0 saturated carbocycles. The van der Waals surface area contributed by atoms with E-state index in [-0.39, 0.29) is 23.4 Å². The minimum atomic E-state index is -0.666. The molecular weight excluding hydrogens is 452 g/mol. The first kappa shape index (κ1) is 23.1. The van der Waals surface area contributed by atoms with Crippen molar-refractivity contribution in [1.29, 1.82) is 0 Å². The number of hydroxylamine groups is 1. The number of fused-ring (bicyclic) bond motifs is 1. The van der Waals surface area contributed by atoms with Crippen molar-refractivity contribution in [3.05, 3.63) is 70.9 Å². The first-order valence-corrected chi connectivity index (χ1v) is 10.8. The fourth-order valence-corrected chi connectivity index (χ4v) is 4.18. The standard InChI is InChI=1S/C24H22ClF2N3O3/c1-24(6-8-29(23(24)32)14-17-3-5-20(27)12-21(17)25)7-9-33-30(15-31)22-11-18-10-19(26)4-2-16(18)13-28-22/h2-5,10-13,15H,6-9,14H2,1H3. The zero-order valence-electron chi connectivity index (χ0n) is 17.9. The summed E-state index contributed by atoms with van der Waals surface area (Å²) in [7, 11) is 0. The first-order chi connectivity index (χ1) is 15.8. The second-order valence-corrected chi connectivity index (χ2v) is 8.73. The van der Waals surface area contributed by atoms with Gasteiger partial charge in [-0.3, -0.25) is 14.4 Å². The molecule has 1 fully saturated rings. The van der Waals surface area contributed by atoms with Crippen molar-refractivity contribution in [3.8, 4) is 0 Å². The quantitative estimate of drug-likeness (QED) is 0.345. The fraction of sp³-hybridized carbons (Fsp3) is 0.292. The van der Waals surface area contributed by atoms with Gasteiger partial charge in [0.05, 0.1) is 12.0 Å². The van der Waals surface area contributed by atoms with Crippen LogP contribution in [-0.2, 0) is 21.0 Å². The number of carbonyl (C=O) groups is 2. The fourth-order valence-electron chi connectivity index (χ4n) is 3.95. The molecule has 1 saturated heterocycles.